The number of ether oxygens (including phenoxy) is 3. The molecule has 2 amide bonds. The van der Waals surface area contributed by atoms with E-state index in [9.17, 15) is 9.59 Å². The Morgan fingerprint density at radius 3 is 2.19 bits per heavy atom. The first kappa shape index (κ1) is 29.0. The van der Waals surface area contributed by atoms with Gasteiger partial charge in [0.25, 0.3) is 5.91 Å². The second-order valence-corrected chi connectivity index (χ2v) is 10.0. The van der Waals surface area contributed by atoms with Crippen LogP contribution in [0.2, 0.25) is 0 Å². The Labute approximate surface area is 215 Å². The Kier molecular flexibility index (Phi) is 10.6. The van der Waals surface area contributed by atoms with Crippen LogP contribution in [0.25, 0.3) is 0 Å². The minimum absolute atomic E-state index is 0.102. The van der Waals surface area contributed by atoms with Crippen LogP contribution in [0.5, 0.6) is 17.2 Å². The molecule has 0 aliphatic carbocycles. The van der Waals surface area contributed by atoms with Crippen molar-refractivity contribution in [3.8, 4) is 17.2 Å². The van der Waals surface area contributed by atoms with Crippen molar-refractivity contribution in [2.24, 2.45) is 11.3 Å². The van der Waals surface area contributed by atoms with E-state index in [1.807, 2.05) is 12.1 Å². The second-order valence-electron chi connectivity index (χ2n) is 10.0. The predicted molar refractivity (Wildman–Crippen MR) is 144 cm³/mol. The largest absolute Gasteiger partial charge is 0.493 e. The van der Waals surface area contributed by atoms with Gasteiger partial charge in [-0.2, -0.15) is 0 Å². The standard InChI is InChI=1S/C29H42N2O5/c1-9-10-11-15-21(22-16-17-23(34-6)26(36-8)25(22)35-7)24(29(2,3)4)28(33)31-20-14-12-13-19(18-20)27(32)30-5/h12-14,16-18,21,24H,9-11,15H2,1-8H3,(H,30,32)(H,31,33). The SMILES string of the molecule is CCCCCC(c1ccc(OC)c(OC)c1OC)C(C(=O)Nc1cccc(C(=O)NC)c1)C(C)(C)C. The first-order chi connectivity index (χ1) is 17.1. The van der Waals surface area contributed by atoms with Gasteiger partial charge in [-0.1, -0.05) is 59.1 Å². The molecule has 36 heavy (non-hydrogen) atoms. The van der Waals surface area contributed by atoms with Gasteiger partial charge in [-0.05, 0) is 42.0 Å². The van der Waals surface area contributed by atoms with Gasteiger partial charge in [0.05, 0.1) is 27.2 Å². The highest BCUT2D eigenvalue weighted by Crippen LogP contribution is 2.49. The summed E-state index contributed by atoms with van der Waals surface area (Å²) in [5.41, 5.74) is 1.63. The van der Waals surface area contributed by atoms with Crippen LogP contribution in [-0.4, -0.2) is 40.2 Å². The summed E-state index contributed by atoms with van der Waals surface area (Å²) in [6.45, 7) is 8.41. The zero-order chi connectivity index (χ0) is 26.9. The van der Waals surface area contributed by atoms with Gasteiger partial charge in [0.15, 0.2) is 11.5 Å². The van der Waals surface area contributed by atoms with Crippen LogP contribution in [0, 0.1) is 11.3 Å². The molecule has 7 nitrogen and oxygen atoms in total. The third-order valence-corrected chi connectivity index (χ3v) is 6.49. The Balaban J connectivity index is 2.58. The lowest BCUT2D eigenvalue weighted by atomic mass is 9.68. The van der Waals surface area contributed by atoms with Crippen LogP contribution in [0.15, 0.2) is 36.4 Å². The maximum Gasteiger partial charge on any atom is 0.251 e. The monoisotopic (exact) mass is 498 g/mol. The molecule has 2 N–H and O–H groups in total. The molecule has 0 aromatic heterocycles. The van der Waals surface area contributed by atoms with Crippen molar-refractivity contribution in [2.45, 2.75) is 59.3 Å². The molecule has 198 valence electrons. The van der Waals surface area contributed by atoms with E-state index in [1.54, 1.807) is 52.6 Å². The third-order valence-electron chi connectivity index (χ3n) is 6.49. The molecule has 2 atom stereocenters. The maximum absolute atomic E-state index is 13.9. The average Bonchev–Trinajstić information content (AvgIpc) is 2.85. The van der Waals surface area contributed by atoms with E-state index in [-0.39, 0.29) is 29.1 Å². The number of amides is 2. The molecule has 0 radical (unpaired) electrons. The van der Waals surface area contributed by atoms with Gasteiger partial charge in [0.1, 0.15) is 0 Å². The van der Waals surface area contributed by atoms with E-state index in [0.29, 0.717) is 28.5 Å². The quantitative estimate of drug-likeness (QED) is 0.349. The molecule has 2 aromatic carbocycles. The zero-order valence-electron chi connectivity index (χ0n) is 23.0. The first-order valence-electron chi connectivity index (χ1n) is 12.5. The number of rotatable bonds is 12. The van der Waals surface area contributed by atoms with Crippen LogP contribution in [-0.2, 0) is 4.79 Å². The smallest absolute Gasteiger partial charge is 0.251 e. The molecule has 0 aliphatic heterocycles. The van der Waals surface area contributed by atoms with Crippen molar-refractivity contribution < 1.29 is 23.8 Å². The lowest BCUT2D eigenvalue weighted by Crippen LogP contribution is -2.38. The highest BCUT2D eigenvalue weighted by molar-refractivity contribution is 5.98. The summed E-state index contributed by atoms with van der Waals surface area (Å²) in [5.74, 6) is 0.860. The Morgan fingerprint density at radius 1 is 0.944 bits per heavy atom. The predicted octanol–water partition coefficient (Wildman–Crippen LogP) is 6.04. The number of nitrogens with one attached hydrogen (secondary N) is 2. The van der Waals surface area contributed by atoms with Crippen molar-refractivity contribution in [3.05, 3.63) is 47.5 Å². The third kappa shape index (κ3) is 6.93. The fraction of sp³-hybridized carbons (Fsp3) is 0.517. The number of carbonyl (C=O) groups excluding carboxylic acids is 2. The highest BCUT2D eigenvalue weighted by Gasteiger charge is 2.40. The number of benzene rings is 2. The zero-order valence-corrected chi connectivity index (χ0v) is 23.0. The molecule has 0 fully saturated rings. The minimum Gasteiger partial charge on any atom is -0.493 e. The van der Waals surface area contributed by atoms with E-state index in [2.05, 4.69) is 38.3 Å². The van der Waals surface area contributed by atoms with Gasteiger partial charge >= 0.3 is 0 Å². The average molecular weight is 499 g/mol. The van der Waals surface area contributed by atoms with E-state index in [4.69, 9.17) is 14.2 Å². The van der Waals surface area contributed by atoms with Gasteiger partial charge in [0, 0.05) is 23.9 Å². The van der Waals surface area contributed by atoms with Crippen LogP contribution in [0.3, 0.4) is 0 Å². The fourth-order valence-corrected chi connectivity index (χ4v) is 4.81. The number of unbranched alkanes of at least 4 members (excludes halogenated alkanes) is 2. The number of hydrogen-bond donors (Lipinski definition) is 2. The van der Waals surface area contributed by atoms with Crippen molar-refractivity contribution in [1.82, 2.24) is 5.32 Å². The van der Waals surface area contributed by atoms with Crippen molar-refractivity contribution in [3.63, 3.8) is 0 Å². The summed E-state index contributed by atoms with van der Waals surface area (Å²) in [6.07, 6.45) is 3.94. The van der Waals surface area contributed by atoms with Gasteiger partial charge < -0.3 is 24.8 Å². The van der Waals surface area contributed by atoms with E-state index < -0.39 is 0 Å². The van der Waals surface area contributed by atoms with Crippen molar-refractivity contribution >= 4 is 17.5 Å². The molecule has 7 heteroatoms. The molecule has 0 bridgehead atoms. The molecule has 0 saturated heterocycles. The summed E-state index contributed by atoms with van der Waals surface area (Å²) in [4.78, 5) is 26.0. The topological polar surface area (TPSA) is 85.9 Å². The molecule has 0 aliphatic rings. The summed E-state index contributed by atoms with van der Waals surface area (Å²) in [6, 6.07) is 10.8. The van der Waals surface area contributed by atoms with Crippen LogP contribution >= 0.6 is 0 Å². The summed E-state index contributed by atoms with van der Waals surface area (Å²) in [5, 5.41) is 5.70. The van der Waals surface area contributed by atoms with Gasteiger partial charge in [0.2, 0.25) is 11.7 Å². The number of carbonyl (C=O) groups is 2. The van der Waals surface area contributed by atoms with Crippen molar-refractivity contribution in [2.75, 3.05) is 33.7 Å². The molecular formula is C29H42N2O5. The van der Waals surface area contributed by atoms with E-state index in [0.717, 1.165) is 31.2 Å². The van der Waals surface area contributed by atoms with Crippen LogP contribution < -0.4 is 24.8 Å². The lowest BCUT2D eigenvalue weighted by molar-refractivity contribution is -0.124. The number of anilines is 1. The first-order valence-corrected chi connectivity index (χ1v) is 12.5. The second kappa shape index (κ2) is 13.2. The van der Waals surface area contributed by atoms with Crippen molar-refractivity contribution in [1.29, 1.82) is 0 Å². The Bertz CT molecular complexity index is 1030. The normalized spacial score (nSPS) is 12.9. The van der Waals surface area contributed by atoms with Crippen LogP contribution in [0.4, 0.5) is 5.69 Å². The van der Waals surface area contributed by atoms with Gasteiger partial charge in [-0.15, -0.1) is 0 Å². The molecule has 2 rings (SSSR count). The molecule has 0 spiro atoms. The summed E-state index contributed by atoms with van der Waals surface area (Å²) < 4.78 is 17.0. The van der Waals surface area contributed by atoms with Gasteiger partial charge in [-0.25, -0.2) is 0 Å². The highest BCUT2D eigenvalue weighted by atomic mass is 16.5. The summed E-state index contributed by atoms with van der Waals surface area (Å²) >= 11 is 0. The lowest BCUT2D eigenvalue weighted by Gasteiger charge is -2.37. The van der Waals surface area contributed by atoms with Gasteiger partial charge in [-0.3, -0.25) is 9.59 Å². The number of methoxy groups -OCH3 is 3. The van der Waals surface area contributed by atoms with E-state index in [1.165, 1.54) is 0 Å². The summed E-state index contributed by atoms with van der Waals surface area (Å²) in [7, 11) is 6.37. The van der Waals surface area contributed by atoms with Crippen LogP contribution in [0.1, 0.15) is 75.2 Å². The minimum atomic E-state index is -0.384. The Hall–Kier alpha value is -3.22. The molecule has 0 saturated carbocycles. The Morgan fingerprint density at radius 2 is 1.64 bits per heavy atom. The van der Waals surface area contributed by atoms with E-state index >= 15 is 0 Å². The maximum atomic E-state index is 13.9. The molecule has 2 aromatic rings. The molecule has 0 heterocycles. The molecule has 2 unspecified atom stereocenters. The fourth-order valence-electron chi connectivity index (χ4n) is 4.81. The number of hydrogen-bond acceptors (Lipinski definition) is 5. The molecular weight excluding hydrogens is 456 g/mol.